The number of benzene rings is 4. The van der Waals surface area contributed by atoms with Crippen molar-refractivity contribution < 1.29 is 39.1 Å². The number of carbonyl (C=O) groups excluding carboxylic acids is 1. The third kappa shape index (κ3) is 11.2. The summed E-state index contributed by atoms with van der Waals surface area (Å²) in [6.07, 6.45) is 5.38. The van der Waals surface area contributed by atoms with Crippen LogP contribution in [0.1, 0.15) is 69.9 Å². The lowest BCUT2D eigenvalue weighted by Crippen LogP contribution is -2.32. The molecule has 0 spiro atoms. The summed E-state index contributed by atoms with van der Waals surface area (Å²) in [6, 6.07) is 25.2. The van der Waals surface area contributed by atoms with Gasteiger partial charge in [0.1, 0.15) is 43.1 Å². The van der Waals surface area contributed by atoms with Crippen molar-refractivity contribution >= 4 is 23.5 Å². The van der Waals surface area contributed by atoms with Crippen molar-refractivity contribution in [3.05, 3.63) is 129 Å². The Morgan fingerprint density at radius 1 is 0.869 bits per heavy atom. The van der Waals surface area contributed by atoms with E-state index in [2.05, 4.69) is 40.7 Å². The van der Waals surface area contributed by atoms with Gasteiger partial charge in [0.05, 0.1) is 34.8 Å². The van der Waals surface area contributed by atoms with Gasteiger partial charge in [0.15, 0.2) is 0 Å². The minimum atomic E-state index is -1.36. The first-order valence-corrected chi connectivity index (χ1v) is 20.7. The number of aliphatic hydroxyl groups excluding tert-OH is 2. The zero-order chi connectivity index (χ0) is 43.5. The van der Waals surface area contributed by atoms with Crippen LogP contribution in [0.5, 0.6) is 17.2 Å². The predicted octanol–water partition coefficient (Wildman–Crippen LogP) is 7.58. The number of aryl methyl sites for hydroxylation is 1. The van der Waals surface area contributed by atoms with Gasteiger partial charge >= 0.3 is 5.97 Å². The fourth-order valence-electron chi connectivity index (χ4n) is 6.93. The third-order valence-corrected chi connectivity index (χ3v) is 11.3. The molecule has 13 heteroatoms. The molecule has 4 aromatic carbocycles. The lowest BCUT2D eigenvalue weighted by Gasteiger charge is -2.23. The molecule has 0 bridgehead atoms. The molecule has 1 saturated carbocycles. The zero-order valence-corrected chi connectivity index (χ0v) is 35.3. The number of amides is 1. The standard InChI is InChI=1S/C48H51ClN4O8/c1-30-36(28-61-45-23-44(60-27-33-20-32(24-50)25-52-26-33)35(22-42(45)49)14-15-48(3,29-55)47(57)58)6-4-8-39(30)40-9-5-7-38(31(40)2)34-10-13-43(59-19-17-51-16-18-54)41(21-34)46(56)53-37-11-12-37/h4-10,13,20-23,25-26,37,51,54-55H,11-12,14-19,27-29H2,1-3H3,(H,53,56)(H,57,58)/t48-/m0/s1. The zero-order valence-electron chi connectivity index (χ0n) is 34.6. The molecular weight excluding hydrogens is 796 g/mol. The van der Waals surface area contributed by atoms with Crippen molar-refractivity contribution in [2.45, 2.75) is 65.7 Å². The van der Waals surface area contributed by atoms with Gasteiger partial charge in [-0.05, 0) is 115 Å². The number of nitrogens with zero attached hydrogens (tertiary/aromatic N) is 2. The Kier molecular flexibility index (Phi) is 15.0. The van der Waals surface area contributed by atoms with E-state index in [0.717, 1.165) is 51.8 Å². The molecule has 12 nitrogen and oxygen atoms in total. The maximum Gasteiger partial charge on any atom is 0.311 e. The largest absolute Gasteiger partial charge is 0.491 e. The molecule has 0 radical (unpaired) electrons. The number of pyridine rings is 1. The van der Waals surface area contributed by atoms with Gasteiger partial charge in [-0.3, -0.25) is 14.6 Å². The van der Waals surface area contributed by atoms with E-state index < -0.39 is 18.0 Å². The lowest BCUT2D eigenvalue weighted by atomic mass is 9.85. The normalized spacial score (nSPS) is 13.2. The summed E-state index contributed by atoms with van der Waals surface area (Å²) in [6.45, 7) is 6.73. The highest BCUT2D eigenvalue weighted by Crippen LogP contribution is 2.39. The van der Waals surface area contributed by atoms with Crippen LogP contribution in [-0.4, -0.2) is 71.1 Å². The summed E-state index contributed by atoms with van der Waals surface area (Å²) >= 11 is 6.81. The van der Waals surface area contributed by atoms with Gasteiger partial charge in [-0.2, -0.15) is 5.26 Å². The molecule has 6 rings (SSSR count). The highest BCUT2D eigenvalue weighted by molar-refractivity contribution is 6.32. The number of carboxylic acids is 1. The number of halogens is 1. The lowest BCUT2D eigenvalue weighted by molar-refractivity contribution is -0.150. The molecule has 1 atom stereocenters. The molecule has 5 N–H and O–H groups in total. The van der Waals surface area contributed by atoms with Gasteiger partial charge in [0.25, 0.3) is 5.91 Å². The van der Waals surface area contributed by atoms with E-state index in [1.807, 2.05) is 49.4 Å². The number of aliphatic carboxylic acids is 1. The van der Waals surface area contributed by atoms with Crippen LogP contribution >= 0.6 is 11.6 Å². The van der Waals surface area contributed by atoms with Crippen molar-refractivity contribution in [3.8, 4) is 45.6 Å². The molecule has 5 aromatic rings. The molecule has 318 valence electrons. The van der Waals surface area contributed by atoms with Gasteiger partial charge in [-0.1, -0.05) is 54.1 Å². The Morgan fingerprint density at radius 3 is 2.33 bits per heavy atom. The first kappa shape index (κ1) is 44.6. The van der Waals surface area contributed by atoms with Crippen molar-refractivity contribution in [3.63, 3.8) is 0 Å². The summed E-state index contributed by atoms with van der Waals surface area (Å²) in [7, 11) is 0. The highest BCUT2D eigenvalue weighted by atomic mass is 35.5. The summed E-state index contributed by atoms with van der Waals surface area (Å²) < 4.78 is 18.6. The molecule has 1 aliphatic carbocycles. The molecule has 0 saturated heterocycles. The minimum Gasteiger partial charge on any atom is -0.491 e. The summed E-state index contributed by atoms with van der Waals surface area (Å²) in [5, 5.41) is 44.6. The maximum atomic E-state index is 13.4. The molecule has 1 heterocycles. The monoisotopic (exact) mass is 846 g/mol. The van der Waals surface area contributed by atoms with Crippen molar-refractivity contribution in [1.29, 1.82) is 5.26 Å². The van der Waals surface area contributed by atoms with Crippen LogP contribution in [0.2, 0.25) is 5.02 Å². The fourth-order valence-corrected chi connectivity index (χ4v) is 7.17. The average molecular weight is 847 g/mol. The van der Waals surface area contributed by atoms with Crippen LogP contribution in [0.15, 0.2) is 85.2 Å². The SMILES string of the molecule is Cc1c(COc2cc(OCc3cncc(C#N)c3)c(CC[C@@](C)(CO)C(=O)O)cc2Cl)cccc1-c1cccc(-c2ccc(OCCNCCO)c(C(=O)NC3CC3)c2)c1C. The van der Waals surface area contributed by atoms with Gasteiger partial charge in [-0.15, -0.1) is 0 Å². The first-order valence-electron chi connectivity index (χ1n) is 20.3. The summed E-state index contributed by atoms with van der Waals surface area (Å²) in [4.78, 5) is 29.5. The minimum absolute atomic E-state index is 0.0364. The number of carbonyl (C=O) groups is 2. The first-order chi connectivity index (χ1) is 29.4. The number of nitrogens with one attached hydrogen (secondary N) is 2. The Labute approximate surface area is 361 Å². The smallest absolute Gasteiger partial charge is 0.311 e. The number of aromatic nitrogens is 1. The van der Waals surface area contributed by atoms with E-state index in [9.17, 15) is 25.1 Å². The Bertz CT molecular complexity index is 2410. The quantitative estimate of drug-likeness (QED) is 0.0459. The third-order valence-electron chi connectivity index (χ3n) is 11.0. The van der Waals surface area contributed by atoms with Crippen molar-refractivity contribution in [2.24, 2.45) is 5.41 Å². The van der Waals surface area contributed by atoms with Crippen LogP contribution in [0.4, 0.5) is 0 Å². The second kappa shape index (κ2) is 20.5. The van der Waals surface area contributed by atoms with E-state index >= 15 is 0 Å². The topological polar surface area (TPSA) is 183 Å². The maximum absolute atomic E-state index is 13.4. The molecule has 1 fully saturated rings. The number of hydrogen-bond donors (Lipinski definition) is 5. The number of ether oxygens (including phenoxy) is 3. The Morgan fingerprint density at radius 2 is 1.61 bits per heavy atom. The van der Waals surface area contributed by atoms with Crippen LogP contribution in [0, 0.1) is 30.6 Å². The Hall–Kier alpha value is -5.97. The molecule has 1 amide bonds. The molecule has 0 unspecified atom stereocenters. The molecule has 0 aliphatic heterocycles. The van der Waals surface area contributed by atoms with Crippen molar-refractivity contribution in [1.82, 2.24) is 15.6 Å². The van der Waals surface area contributed by atoms with Gasteiger partial charge in [0, 0.05) is 43.2 Å². The fraction of sp³-hybridized carbons (Fsp3) is 0.333. The van der Waals surface area contributed by atoms with Gasteiger partial charge in [-0.25, -0.2) is 0 Å². The average Bonchev–Trinajstić information content (AvgIpc) is 4.09. The number of carboxylic acid groups (broad SMARTS) is 1. The van der Waals surface area contributed by atoms with E-state index in [0.29, 0.717) is 64.2 Å². The van der Waals surface area contributed by atoms with Crippen LogP contribution < -0.4 is 24.8 Å². The summed E-state index contributed by atoms with van der Waals surface area (Å²) in [5.74, 6) is 0.0200. The van der Waals surface area contributed by atoms with E-state index in [-0.39, 0.29) is 44.6 Å². The van der Waals surface area contributed by atoms with Crippen LogP contribution in [0.25, 0.3) is 22.3 Å². The van der Waals surface area contributed by atoms with E-state index in [1.165, 1.54) is 13.1 Å². The second-order valence-corrected chi connectivity index (χ2v) is 15.9. The molecule has 61 heavy (non-hydrogen) atoms. The van der Waals surface area contributed by atoms with E-state index in [1.54, 1.807) is 24.4 Å². The predicted molar refractivity (Wildman–Crippen MR) is 233 cm³/mol. The highest BCUT2D eigenvalue weighted by Gasteiger charge is 2.32. The number of rotatable bonds is 21. The van der Waals surface area contributed by atoms with Crippen molar-refractivity contribution in [2.75, 3.05) is 32.9 Å². The second-order valence-electron chi connectivity index (χ2n) is 15.5. The van der Waals surface area contributed by atoms with Gasteiger partial charge < -0.3 is 40.2 Å². The van der Waals surface area contributed by atoms with E-state index in [4.69, 9.17) is 30.9 Å². The number of hydrogen-bond acceptors (Lipinski definition) is 10. The number of nitriles is 1. The molecular formula is C48H51ClN4O8. The summed E-state index contributed by atoms with van der Waals surface area (Å²) in [5.41, 5.74) is 7.70. The Balaban J connectivity index is 1.25. The molecule has 1 aliphatic rings. The van der Waals surface area contributed by atoms with Gasteiger partial charge in [0.2, 0.25) is 0 Å². The van der Waals surface area contributed by atoms with Crippen LogP contribution in [0.3, 0.4) is 0 Å². The number of aliphatic hydroxyl groups is 2. The van der Waals surface area contributed by atoms with Crippen LogP contribution in [-0.2, 0) is 24.4 Å². The molecule has 1 aromatic heterocycles.